The minimum Gasteiger partial charge on any atom is -0.473 e. The number of benzene rings is 1. The minimum atomic E-state index is -0.893. The van der Waals surface area contributed by atoms with Gasteiger partial charge in [-0.25, -0.2) is 9.18 Å². The normalized spacial score (nSPS) is 10.0. The second-order valence-corrected chi connectivity index (χ2v) is 3.71. The van der Waals surface area contributed by atoms with E-state index in [1.807, 2.05) is 6.92 Å². The zero-order valence-electron chi connectivity index (χ0n) is 10.4. The molecule has 0 radical (unpaired) electrons. The highest BCUT2D eigenvalue weighted by atomic mass is 19.1. The van der Waals surface area contributed by atoms with Gasteiger partial charge in [-0.1, -0.05) is 19.4 Å². The highest BCUT2D eigenvalue weighted by Gasteiger charge is 2.20. The Morgan fingerprint density at radius 2 is 2.21 bits per heavy atom. The first-order valence-electron chi connectivity index (χ1n) is 5.77. The highest BCUT2D eigenvalue weighted by Crippen LogP contribution is 2.29. The van der Waals surface area contributed by atoms with E-state index >= 15 is 0 Å². The maximum absolute atomic E-state index is 13.4. The van der Waals surface area contributed by atoms with E-state index in [2.05, 4.69) is 0 Å². The molecule has 7 heteroatoms. The third-order valence-electron chi connectivity index (χ3n) is 2.24. The van der Waals surface area contributed by atoms with Crippen LogP contribution in [0.3, 0.4) is 0 Å². The minimum absolute atomic E-state index is 0.248. The molecule has 1 rings (SSSR count). The Bertz CT molecular complexity index is 463. The quantitative estimate of drug-likeness (QED) is 0.329. The van der Waals surface area contributed by atoms with Crippen molar-refractivity contribution in [1.29, 1.82) is 0 Å². The van der Waals surface area contributed by atoms with Gasteiger partial charge in [0.05, 0.1) is 11.5 Å². The molecule has 0 spiro atoms. The summed E-state index contributed by atoms with van der Waals surface area (Å²) in [6.45, 7) is 1.62. The molecule has 0 unspecified atom stereocenters. The first-order valence-corrected chi connectivity index (χ1v) is 5.77. The fourth-order valence-corrected chi connectivity index (χ4v) is 1.29. The van der Waals surface area contributed by atoms with Crippen molar-refractivity contribution in [1.82, 2.24) is 0 Å². The fraction of sp³-hybridized carbons (Fsp3) is 0.417. The second-order valence-electron chi connectivity index (χ2n) is 3.71. The van der Waals surface area contributed by atoms with Crippen LogP contribution >= 0.6 is 0 Å². The number of ether oxygens (including phenoxy) is 2. The summed E-state index contributed by atoms with van der Waals surface area (Å²) in [6, 6.07) is 3.31. The van der Waals surface area contributed by atoms with Crippen LogP contribution in [0.25, 0.3) is 0 Å². The first kappa shape index (κ1) is 14.9. The summed E-state index contributed by atoms with van der Waals surface area (Å²) in [4.78, 5) is 21.1. The molecule has 0 saturated heterocycles. The number of para-hydroxylation sites is 1. The third-order valence-corrected chi connectivity index (χ3v) is 2.24. The average molecular weight is 271 g/mol. The van der Waals surface area contributed by atoms with Crippen molar-refractivity contribution < 1.29 is 23.6 Å². The molecule has 104 valence electrons. The number of halogens is 1. The first-order chi connectivity index (χ1) is 9.06. The lowest BCUT2D eigenvalue weighted by molar-refractivity contribution is -0.386. The van der Waals surface area contributed by atoms with Crippen LogP contribution in [0.5, 0.6) is 5.75 Å². The van der Waals surface area contributed by atoms with Gasteiger partial charge in [-0.2, -0.15) is 0 Å². The Labute approximate surface area is 109 Å². The zero-order chi connectivity index (χ0) is 14.3. The Kier molecular flexibility index (Phi) is 5.72. The maximum Gasteiger partial charge on any atom is 0.344 e. The molecule has 0 aliphatic rings. The Balaban J connectivity index is 2.62. The molecular weight excluding hydrogens is 257 g/mol. The van der Waals surface area contributed by atoms with Crippen molar-refractivity contribution in [2.45, 2.75) is 19.8 Å². The Morgan fingerprint density at radius 3 is 2.84 bits per heavy atom. The number of esters is 1. The number of nitro benzene ring substituents is 1. The van der Waals surface area contributed by atoms with E-state index in [0.717, 1.165) is 18.6 Å². The second kappa shape index (κ2) is 7.30. The lowest BCUT2D eigenvalue weighted by Gasteiger charge is -2.07. The summed E-state index contributed by atoms with van der Waals surface area (Å²) in [5, 5.41) is 10.7. The highest BCUT2D eigenvalue weighted by molar-refractivity contribution is 5.71. The number of carbonyl (C=O) groups is 1. The summed E-state index contributed by atoms with van der Waals surface area (Å²) < 4.78 is 23.0. The molecule has 0 bridgehead atoms. The summed E-state index contributed by atoms with van der Waals surface area (Å²) in [5.74, 6) is -2.14. The predicted molar refractivity (Wildman–Crippen MR) is 64.4 cm³/mol. The molecule has 0 aliphatic heterocycles. The summed E-state index contributed by atoms with van der Waals surface area (Å²) >= 11 is 0. The van der Waals surface area contributed by atoms with Crippen molar-refractivity contribution >= 4 is 11.7 Å². The average Bonchev–Trinajstić information content (AvgIpc) is 2.37. The molecule has 0 atom stereocenters. The van der Waals surface area contributed by atoms with E-state index in [4.69, 9.17) is 9.47 Å². The van der Waals surface area contributed by atoms with E-state index in [1.54, 1.807) is 0 Å². The number of nitrogens with zero attached hydrogens (tertiary/aromatic N) is 1. The van der Waals surface area contributed by atoms with Gasteiger partial charge in [0.1, 0.15) is 0 Å². The SMILES string of the molecule is CCCCOC(=O)COc1c(F)cccc1[N+](=O)[O-]. The van der Waals surface area contributed by atoms with Gasteiger partial charge in [0, 0.05) is 6.07 Å². The van der Waals surface area contributed by atoms with Crippen LogP contribution < -0.4 is 4.74 Å². The fourth-order valence-electron chi connectivity index (χ4n) is 1.29. The van der Waals surface area contributed by atoms with Crippen molar-refractivity contribution in [3.63, 3.8) is 0 Å². The molecule has 0 N–H and O–H groups in total. The number of hydrogen-bond donors (Lipinski definition) is 0. The van der Waals surface area contributed by atoms with Gasteiger partial charge in [-0.05, 0) is 12.5 Å². The molecule has 0 aliphatic carbocycles. The van der Waals surface area contributed by atoms with Crippen molar-refractivity contribution in [3.8, 4) is 5.75 Å². The maximum atomic E-state index is 13.4. The Morgan fingerprint density at radius 1 is 1.47 bits per heavy atom. The molecule has 0 fully saturated rings. The van der Waals surface area contributed by atoms with E-state index in [1.165, 1.54) is 6.07 Å². The molecular formula is C12H14FNO5. The van der Waals surface area contributed by atoms with Crippen LogP contribution in [0.15, 0.2) is 18.2 Å². The van der Waals surface area contributed by atoms with Gasteiger partial charge in [0.2, 0.25) is 5.75 Å². The van der Waals surface area contributed by atoms with Gasteiger partial charge >= 0.3 is 11.7 Å². The Hall–Kier alpha value is -2.18. The monoisotopic (exact) mass is 271 g/mol. The van der Waals surface area contributed by atoms with E-state index < -0.39 is 34.8 Å². The molecule has 1 aromatic rings. The van der Waals surface area contributed by atoms with E-state index in [0.29, 0.717) is 6.42 Å². The van der Waals surface area contributed by atoms with Crippen LogP contribution in [0, 0.1) is 15.9 Å². The van der Waals surface area contributed by atoms with Gasteiger partial charge in [0.15, 0.2) is 12.4 Å². The van der Waals surface area contributed by atoms with E-state index in [-0.39, 0.29) is 6.61 Å². The molecule has 0 aromatic heterocycles. The van der Waals surface area contributed by atoms with Crippen LogP contribution in [0.1, 0.15) is 19.8 Å². The largest absolute Gasteiger partial charge is 0.473 e. The number of unbranched alkanes of at least 4 members (excludes halogenated alkanes) is 1. The number of nitro groups is 1. The summed E-state index contributed by atoms with van der Waals surface area (Å²) in [7, 11) is 0. The molecule has 19 heavy (non-hydrogen) atoms. The lowest BCUT2D eigenvalue weighted by Crippen LogP contribution is -2.16. The van der Waals surface area contributed by atoms with Gasteiger partial charge in [-0.3, -0.25) is 10.1 Å². The number of carbonyl (C=O) groups excluding carboxylic acids is 1. The van der Waals surface area contributed by atoms with Crippen molar-refractivity contribution in [2.24, 2.45) is 0 Å². The van der Waals surface area contributed by atoms with Gasteiger partial charge < -0.3 is 9.47 Å². The van der Waals surface area contributed by atoms with Crippen molar-refractivity contribution in [2.75, 3.05) is 13.2 Å². The van der Waals surface area contributed by atoms with Crippen LogP contribution in [-0.2, 0) is 9.53 Å². The predicted octanol–water partition coefficient (Wildman–Crippen LogP) is 2.46. The van der Waals surface area contributed by atoms with Crippen molar-refractivity contribution in [3.05, 3.63) is 34.1 Å². The van der Waals surface area contributed by atoms with E-state index in [9.17, 15) is 19.3 Å². The zero-order valence-corrected chi connectivity index (χ0v) is 10.4. The molecule has 0 amide bonds. The smallest absolute Gasteiger partial charge is 0.344 e. The molecule has 1 aromatic carbocycles. The number of rotatable bonds is 7. The summed E-state index contributed by atoms with van der Waals surface area (Å²) in [5.41, 5.74) is -0.527. The number of hydrogen-bond acceptors (Lipinski definition) is 5. The lowest BCUT2D eigenvalue weighted by atomic mass is 10.3. The molecule has 0 saturated carbocycles. The van der Waals surface area contributed by atoms with Crippen LogP contribution in [0.4, 0.5) is 10.1 Å². The molecule has 6 nitrogen and oxygen atoms in total. The summed E-state index contributed by atoms with van der Waals surface area (Å²) in [6.07, 6.45) is 1.58. The van der Waals surface area contributed by atoms with Gasteiger partial charge in [-0.15, -0.1) is 0 Å². The van der Waals surface area contributed by atoms with Crippen LogP contribution in [-0.4, -0.2) is 24.1 Å². The topological polar surface area (TPSA) is 78.7 Å². The molecule has 0 heterocycles. The third kappa shape index (κ3) is 4.53. The van der Waals surface area contributed by atoms with Gasteiger partial charge in [0.25, 0.3) is 0 Å². The van der Waals surface area contributed by atoms with Crippen LogP contribution in [0.2, 0.25) is 0 Å². The standard InChI is InChI=1S/C12H14FNO5/c1-2-3-7-18-11(15)8-19-12-9(13)5-4-6-10(12)14(16)17/h4-6H,2-3,7-8H2,1H3.